The standard InChI is InChI=1S/C16H22O2/c1-12(2)18-14-9-5-4-8-13(14)15(17)16(3)10-6-7-11-16/h4-5,8-9,12H,6-7,10-11H2,1-3H3. The normalized spacial score (nSPS) is 18.0. The maximum atomic E-state index is 12.7. The summed E-state index contributed by atoms with van der Waals surface area (Å²) in [7, 11) is 0. The van der Waals surface area contributed by atoms with Crippen molar-refractivity contribution in [2.24, 2.45) is 5.41 Å². The zero-order valence-electron chi connectivity index (χ0n) is 11.5. The molecule has 1 fully saturated rings. The van der Waals surface area contributed by atoms with Crippen LogP contribution in [0.2, 0.25) is 0 Å². The average Bonchev–Trinajstić information content (AvgIpc) is 2.76. The van der Waals surface area contributed by atoms with E-state index >= 15 is 0 Å². The third kappa shape index (κ3) is 2.58. The minimum atomic E-state index is -0.184. The van der Waals surface area contributed by atoms with Gasteiger partial charge >= 0.3 is 0 Å². The van der Waals surface area contributed by atoms with Crippen LogP contribution >= 0.6 is 0 Å². The molecular formula is C16H22O2. The SMILES string of the molecule is CC(C)Oc1ccccc1C(=O)C1(C)CCCC1. The maximum absolute atomic E-state index is 12.7. The van der Waals surface area contributed by atoms with Crippen LogP contribution in [0.5, 0.6) is 5.75 Å². The molecule has 1 aromatic carbocycles. The molecule has 0 bridgehead atoms. The number of ketones is 1. The van der Waals surface area contributed by atoms with Gasteiger partial charge in [-0.05, 0) is 38.8 Å². The Bertz CT molecular complexity index is 428. The smallest absolute Gasteiger partial charge is 0.172 e. The fraction of sp³-hybridized carbons (Fsp3) is 0.562. The fourth-order valence-electron chi connectivity index (χ4n) is 2.72. The number of hydrogen-bond donors (Lipinski definition) is 0. The summed E-state index contributed by atoms with van der Waals surface area (Å²) in [6.45, 7) is 6.06. The Morgan fingerprint density at radius 1 is 1.22 bits per heavy atom. The Labute approximate surface area is 109 Å². The number of hydrogen-bond acceptors (Lipinski definition) is 2. The number of carbonyl (C=O) groups excluding carboxylic acids is 1. The topological polar surface area (TPSA) is 26.3 Å². The molecule has 0 atom stereocenters. The van der Waals surface area contributed by atoms with Crippen LogP contribution in [-0.4, -0.2) is 11.9 Å². The lowest BCUT2D eigenvalue weighted by Crippen LogP contribution is -2.25. The highest BCUT2D eigenvalue weighted by molar-refractivity contribution is 6.02. The van der Waals surface area contributed by atoms with Gasteiger partial charge in [0.2, 0.25) is 0 Å². The second-order valence-electron chi connectivity index (χ2n) is 5.76. The van der Waals surface area contributed by atoms with Crippen molar-refractivity contribution in [1.82, 2.24) is 0 Å². The third-order valence-electron chi connectivity index (χ3n) is 3.75. The molecule has 0 aromatic heterocycles. The van der Waals surface area contributed by atoms with Crippen molar-refractivity contribution in [3.8, 4) is 5.75 Å². The molecule has 98 valence electrons. The van der Waals surface area contributed by atoms with Crippen molar-refractivity contribution < 1.29 is 9.53 Å². The Balaban J connectivity index is 2.29. The second kappa shape index (κ2) is 5.13. The highest BCUT2D eigenvalue weighted by Gasteiger charge is 2.37. The fourth-order valence-corrected chi connectivity index (χ4v) is 2.72. The Kier molecular flexibility index (Phi) is 3.74. The van der Waals surface area contributed by atoms with Crippen LogP contribution in [0.3, 0.4) is 0 Å². The van der Waals surface area contributed by atoms with Gasteiger partial charge in [-0.2, -0.15) is 0 Å². The largest absolute Gasteiger partial charge is 0.490 e. The Morgan fingerprint density at radius 3 is 2.44 bits per heavy atom. The number of benzene rings is 1. The molecule has 1 aliphatic rings. The van der Waals surface area contributed by atoms with Crippen molar-refractivity contribution in [1.29, 1.82) is 0 Å². The summed E-state index contributed by atoms with van der Waals surface area (Å²) in [5.74, 6) is 0.974. The average molecular weight is 246 g/mol. The predicted octanol–water partition coefficient (Wildman–Crippen LogP) is 4.24. The van der Waals surface area contributed by atoms with E-state index in [4.69, 9.17) is 4.74 Å². The summed E-state index contributed by atoms with van der Waals surface area (Å²) < 4.78 is 5.75. The predicted molar refractivity (Wildman–Crippen MR) is 73.1 cm³/mol. The van der Waals surface area contributed by atoms with Crippen molar-refractivity contribution >= 4 is 5.78 Å². The van der Waals surface area contributed by atoms with E-state index in [1.54, 1.807) is 0 Å². The molecule has 0 aliphatic heterocycles. The number of rotatable bonds is 4. The zero-order valence-corrected chi connectivity index (χ0v) is 11.5. The molecule has 1 aromatic rings. The lowest BCUT2D eigenvalue weighted by atomic mass is 9.80. The molecule has 0 heterocycles. The van der Waals surface area contributed by atoms with Crippen LogP contribution in [0.4, 0.5) is 0 Å². The lowest BCUT2D eigenvalue weighted by molar-refractivity contribution is 0.0817. The summed E-state index contributed by atoms with van der Waals surface area (Å²) in [5.41, 5.74) is 0.562. The van der Waals surface area contributed by atoms with Crippen LogP contribution in [0.25, 0.3) is 0 Å². The minimum Gasteiger partial charge on any atom is -0.490 e. The first-order chi connectivity index (χ1) is 8.53. The van der Waals surface area contributed by atoms with E-state index < -0.39 is 0 Å². The highest BCUT2D eigenvalue weighted by atomic mass is 16.5. The van der Waals surface area contributed by atoms with Crippen LogP contribution in [0.1, 0.15) is 56.8 Å². The van der Waals surface area contributed by atoms with Gasteiger partial charge in [0.25, 0.3) is 0 Å². The van der Waals surface area contributed by atoms with Gasteiger partial charge in [-0.1, -0.05) is 31.9 Å². The molecule has 2 nitrogen and oxygen atoms in total. The number of para-hydroxylation sites is 1. The molecule has 0 N–H and O–H groups in total. The highest BCUT2D eigenvalue weighted by Crippen LogP contribution is 2.41. The zero-order chi connectivity index (χ0) is 13.2. The van der Waals surface area contributed by atoms with Crippen molar-refractivity contribution in [3.05, 3.63) is 29.8 Å². The Hall–Kier alpha value is -1.31. The molecule has 1 aliphatic carbocycles. The van der Waals surface area contributed by atoms with Crippen molar-refractivity contribution in [2.75, 3.05) is 0 Å². The summed E-state index contributed by atoms with van der Waals surface area (Å²) >= 11 is 0. The van der Waals surface area contributed by atoms with E-state index in [1.165, 1.54) is 0 Å². The molecule has 2 rings (SSSR count). The molecule has 0 amide bonds. The summed E-state index contributed by atoms with van der Waals surface area (Å²) in [4.78, 5) is 12.7. The first-order valence-corrected chi connectivity index (χ1v) is 6.83. The first kappa shape index (κ1) is 13.1. The van der Waals surface area contributed by atoms with Gasteiger partial charge in [0, 0.05) is 5.41 Å². The summed E-state index contributed by atoms with van der Waals surface area (Å²) in [5, 5.41) is 0. The molecule has 0 radical (unpaired) electrons. The van der Waals surface area contributed by atoms with E-state index in [9.17, 15) is 4.79 Å². The molecule has 18 heavy (non-hydrogen) atoms. The molecule has 0 unspecified atom stereocenters. The van der Waals surface area contributed by atoms with Crippen molar-refractivity contribution in [3.63, 3.8) is 0 Å². The van der Waals surface area contributed by atoms with E-state index in [0.717, 1.165) is 37.0 Å². The van der Waals surface area contributed by atoms with Gasteiger partial charge in [-0.25, -0.2) is 0 Å². The second-order valence-corrected chi connectivity index (χ2v) is 5.76. The van der Waals surface area contributed by atoms with Crippen LogP contribution in [0.15, 0.2) is 24.3 Å². The molecule has 2 heteroatoms. The van der Waals surface area contributed by atoms with Gasteiger partial charge in [0.1, 0.15) is 5.75 Å². The number of carbonyl (C=O) groups is 1. The van der Waals surface area contributed by atoms with E-state index in [1.807, 2.05) is 38.1 Å². The number of Topliss-reactive ketones (excluding diaryl/α,β-unsaturated/α-hetero) is 1. The first-order valence-electron chi connectivity index (χ1n) is 6.83. The van der Waals surface area contributed by atoms with Crippen LogP contribution < -0.4 is 4.74 Å². The van der Waals surface area contributed by atoms with Gasteiger partial charge in [0.15, 0.2) is 5.78 Å². The molecule has 0 saturated heterocycles. The monoisotopic (exact) mass is 246 g/mol. The molecular weight excluding hydrogens is 224 g/mol. The van der Waals surface area contributed by atoms with Gasteiger partial charge in [-0.15, -0.1) is 0 Å². The van der Waals surface area contributed by atoms with E-state index in [-0.39, 0.29) is 17.3 Å². The Morgan fingerprint density at radius 2 is 1.83 bits per heavy atom. The van der Waals surface area contributed by atoms with Crippen LogP contribution in [-0.2, 0) is 0 Å². The lowest BCUT2D eigenvalue weighted by Gasteiger charge is -2.23. The molecule has 1 saturated carbocycles. The maximum Gasteiger partial charge on any atom is 0.172 e. The quantitative estimate of drug-likeness (QED) is 0.743. The van der Waals surface area contributed by atoms with Crippen molar-refractivity contribution in [2.45, 2.75) is 52.6 Å². The van der Waals surface area contributed by atoms with E-state index in [2.05, 4.69) is 6.92 Å². The van der Waals surface area contributed by atoms with Gasteiger partial charge < -0.3 is 4.74 Å². The third-order valence-corrected chi connectivity index (χ3v) is 3.75. The summed E-state index contributed by atoms with van der Waals surface area (Å²) in [6.07, 6.45) is 4.42. The van der Waals surface area contributed by atoms with Crippen LogP contribution in [0, 0.1) is 5.41 Å². The minimum absolute atomic E-state index is 0.0929. The van der Waals surface area contributed by atoms with Gasteiger partial charge in [0.05, 0.1) is 11.7 Å². The summed E-state index contributed by atoms with van der Waals surface area (Å²) in [6, 6.07) is 7.62. The molecule has 0 spiro atoms. The van der Waals surface area contributed by atoms with Gasteiger partial charge in [-0.3, -0.25) is 4.79 Å². The van der Waals surface area contributed by atoms with E-state index in [0.29, 0.717) is 0 Å². The number of ether oxygens (including phenoxy) is 1.